The Morgan fingerprint density at radius 2 is 1.00 bits per heavy atom. The molecule has 0 atom stereocenters. The minimum atomic E-state index is -0.500. The van der Waals surface area contributed by atoms with Crippen LogP contribution in [0, 0.1) is 0 Å². The van der Waals surface area contributed by atoms with Gasteiger partial charge in [0.05, 0.1) is 0 Å². The van der Waals surface area contributed by atoms with E-state index in [-0.39, 0.29) is 22.8 Å². The van der Waals surface area contributed by atoms with Gasteiger partial charge in [-0.1, -0.05) is 0 Å². The van der Waals surface area contributed by atoms with Crippen LogP contribution in [0.5, 0.6) is 0 Å². The van der Waals surface area contributed by atoms with Gasteiger partial charge in [0, 0.05) is 12.9 Å². The van der Waals surface area contributed by atoms with Crippen LogP contribution in [0.25, 0.3) is 0 Å². The Hall–Kier alpha value is -0.568. The van der Waals surface area contributed by atoms with Crippen molar-refractivity contribution in [1.29, 1.82) is 0 Å². The van der Waals surface area contributed by atoms with E-state index in [9.17, 15) is 0 Å². The number of carbonyl (C=O) groups is 2. The molecule has 5 nitrogen and oxygen atoms in total. The van der Waals surface area contributed by atoms with Gasteiger partial charge in [-0.25, -0.2) is 0 Å². The van der Waals surface area contributed by atoms with Gasteiger partial charge in [0.15, 0.2) is 0 Å². The van der Waals surface area contributed by atoms with Gasteiger partial charge < -0.3 is 25.3 Å². The van der Waals surface area contributed by atoms with Gasteiger partial charge in [-0.05, 0) is 0 Å². The fraction of sp³-hybridized carbons (Fsp3) is 0. The molecule has 0 rings (SSSR count). The molecular weight excluding hydrogens is 156 g/mol. The van der Waals surface area contributed by atoms with Gasteiger partial charge in [0.25, 0.3) is 0 Å². The number of hydrogen-bond donors (Lipinski definition) is 0. The Bertz CT molecular complexity index is 31.4. The van der Waals surface area contributed by atoms with Crippen molar-refractivity contribution in [2.75, 3.05) is 0 Å². The Labute approximate surface area is 56.4 Å². The topological polar surface area (TPSA) is 112 Å². The summed E-state index contributed by atoms with van der Waals surface area (Å²) < 4.78 is 0. The molecule has 0 amide bonds. The Kier molecular flexibility index (Phi) is 302. The third-order valence-electron chi connectivity index (χ3n) is 0. The minimum Gasteiger partial charge on any atom is -0.554 e. The van der Waals surface area contributed by atoms with Crippen LogP contribution in [0.2, 0.25) is 0 Å². The second-order valence-corrected chi connectivity index (χ2v) is 0.192. The zero-order valence-electron chi connectivity index (χ0n) is 3.70. The maximum atomic E-state index is 8.25. The molecule has 0 aromatic carbocycles. The molecule has 0 radical (unpaired) electrons. The van der Waals surface area contributed by atoms with Crippen LogP contribution in [0.1, 0.15) is 0 Å². The van der Waals surface area contributed by atoms with Crippen molar-refractivity contribution < 1.29 is 42.6 Å². The molecule has 48 valence electrons. The molecule has 0 heterocycles. The van der Waals surface area contributed by atoms with Gasteiger partial charge >= 0.3 is 17.4 Å². The number of hydrogen-bond acceptors (Lipinski definition) is 4. The summed E-state index contributed by atoms with van der Waals surface area (Å²) >= 11 is 0. The smallest absolute Gasteiger partial charge is 0.554 e. The first-order valence-electron chi connectivity index (χ1n) is 0.943. The second kappa shape index (κ2) is 92.5. The number of rotatable bonds is 0. The average molecular weight is 160 g/mol. The molecule has 0 fully saturated rings. The van der Waals surface area contributed by atoms with E-state index in [1.165, 1.54) is 0 Å². The zero-order valence-corrected chi connectivity index (χ0v) is 4.97. The van der Waals surface area contributed by atoms with E-state index in [1.807, 2.05) is 0 Å². The largest absolute Gasteiger partial charge is 2.00 e. The summed E-state index contributed by atoms with van der Waals surface area (Å²) in [6, 6.07) is 0. The van der Waals surface area contributed by atoms with Crippen LogP contribution in [0.3, 0.4) is 0 Å². The third-order valence-corrected chi connectivity index (χ3v) is 0. The van der Waals surface area contributed by atoms with Crippen LogP contribution >= 0.6 is 0 Å². The predicted molar refractivity (Wildman–Crippen MR) is 15.7 cm³/mol. The fourth-order valence-electron chi connectivity index (χ4n) is 0. The molecule has 0 saturated carbocycles. The Morgan fingerprint density at radius 1 is 1.00 bits per heavy atom. The summed E-state index contributed by atoms with van der Waals surface area (Å²) in [5.74, 6) is 0. The van der Waals surface area contributed by atoms with Crippen LogP contribution in [0.15, 0.2) is 0 Å². The molecule has 0 spiro atoms. The van der Waals surface area contributed by atoms with E-state index in [4.69, 9.17) is 19.8 Å². The Morgan fingerprint density at radius 3 is 1.00 bits per heavy atom. The first-order valence-corrected chi connectivity index (χ1v) is 0.943. The first-order chi connectivity index (χ1) is 2.83. The van der Waals surface area contributed by atoms with Crippen molar-refractivity contribution in [3.63, 3.8) is 0 Å². The van der Waals surface area contributed by atoms with Crippen molar-refractivity contribution in [2.24, 2.45) is 0 Å². The van der Waals surface area contributed by atoms with Gasteiger partial charge in [-0.15, -0.1) is 0 Å². The zero-order chi connectivity index (χ0) is 5.41. The molecule has 8 heavy (non-hydrogen) atoms. The summed E-state index contributed by atoms with van der Waals surface area (Å²) in [5.41, 5.74) is 0. The van der Waals surface area contributed by atoms with Crippen LogP contribution < -0.4 is 10.2 Å². The summed E-state index contributed by atoms with van der Waals surface area (Å²) in [6.45, 7) is -1.00. The van der Waals surface area contributed by atoms with Crippen molar-refractivity contribution in [2.45, 2.75) is 0 Å². The quantitative estimate of drug-likeness (QED) is 0.335. The SMILES string of the molecule is O.O=C[O-].O=C[O-].[Cr+2]. The van der Waals surface area contributed by atoms with E-state index in [2.05, 4.69) is 0 Å². The molecule has 0 unspecified atom stereocenters. The van der Waals surface area contributed by atoms with Gasteiger partial charge in [0.2, 0.25) is 0 Å². The van der Waals surface area contributed by atoms with Gasteiger partial charge in [-0.2, -0.15) is 0 Å². The summed E-state index contributed by atoms with van der Waals surface area (Å²) in [7, 11) is 0. The molecule has 0 aliphatic heterocycles. The predicted octanol–water partition coefficient (Wildman–Crippen LogP) is -4.09. The molecule has 6 heteroatoms. The monoisotopic (exact) mass is 160 g/mol. The van der Waals surface area contributed by atoms with E-state index in [0.717, 1.165) is 0 Å². The first kappa shape index (κ1) is 26.1. The molecule has 0 aromatic rings. The molecule has 0 aliphatic carbocycles. The van der Waals surface area contributed by atoms with E-state index in [0.29, 0.717) is 0 Å². The summed E-state index contributed by atoms with van der Waals surface area (Å²) in [4.78, 5) is 16.5. The summed E-state index contributed by atoms with van der Waals surface area (Å²) in [5, 5.41) is 16.5. The molecule has 0 aromatic heterocycles. The average Bonchev–Trinajstić information content (AvgIpc) is 1.39. The van der Waals surface area contributed by atoms with Gasteiger partial charge in [-0.3, -0.25) is 0 Å². The van der Waals surface area contributed by atoms with Crippen LogP contribution in [-0.4, -0.2) is 18.4 Å². The molecule has 2 N–H and O–H groups in total. The van der Waals surface area contributed by atoms with Gasteiger partial charge in [0.1, 0.15) is 0 Å². The second-order valence-electron chi connectivity index (χ2n) is 0.192. The minimum absolute atomic E-state index is 0. The van der Waals surface area contributed by atoms with Crippen molar-refractivity contribution in [3.8, 4) is 0 Å². The van der Waals surface area contributed by atoms with E-state index < -0.39 is 12.9 Å². The van der Waals surface area contributed by atoms with Crippen LogP contribution in [0.4, 0.5) is 0 Å². The van der Waals surface area contributed by atoms with E-state index in [1.54, 1.807) is 0 Å². The summed E-state index contributed by atoms with van der Waals surface area (Å²) in [6.07, 6.45) is 0. The van der Waals surface area contributed by atoms with Crippen molar-refractivity contribution in [1.82, 2.24) is 0 Å². The maximum Gasteiger partial charge on any atom is 2.00 e. The van der Waals surface area contributed by atoms with Crippen LogP contribution in [-0.2, 0) is 27.0 Å². The third kappa shape index (κ3) is 331. The Balaban J connectivity index is -0.0000000160. The van der Waals surface area contributed by atoms with Crippen molar-refractivity contribution >= 4 is 12.9 Å². The molecular formula is C2H4CrO5. The fourth-order valence-corrected chi connectivity index (χ4v) is 0. The maximum absolute atomic E-state index is 8.25. The molecule has 0 bridgehead atoms. The standard InChI is InChI=1S/2CH2O2.Cr.H2O/c2*2-1-3;;/h2*1H,(H,2,3);;1H2/q;;+2;/p-2. The normalized spacial score (nSPS) is 3.00. The van der Waals surface area contributed by atoms with Crippen molar-refractivity contribution in [3.05, 3.63) is 0 Å². The number of carbonyl (C=O) groups excluding carboxylic acids is 2. The molecule has 0 aliphatic rings. The van der Waals surface area contributed by atoms with E-state index >= 15 is 0 Å². The number of carboxylic acid groups (broad SMARTS) is 2. The molecule has 0 saturated heterocycles.